The maximum atomic E-state index is 9.91. The summed E-state index contributed by atoms with van der Waals surface area (Å²) >= 11 is 0. The van der Waals surface area contributed by atoms with E-state index in [-0.39, 0.29) is 6.61 Å². The van der Waals surface area contributed by atoms with Crippen molar-refractivity contribution in [1.29, 1.82) is 0 Å². The van der Waals surface area contributed by atoms with Gasteiger partial charge in [-0.25, -0.2) is 4.68 Å². The lowest BCUT2D eigenvalue weighted by atomic mass is 9.97. The van der Waals surface area contributed by atoms with Gasteiger partial charge in [-0.05, 0) is 35.0 Å². The fourth-order valence-electron chi connectivity index (χ4n) is 1.35. The average Bonchev–Trinajstić information content (AvgIpc) is 2.83. The van der Waals surface area contributed by atoms with Gasteiger partial charge in [0.25, 0.3) is 0 Å². The number of rotatable bonds is 3. The summed E-state index contributed by atoms with van der Waals surface area (Å²) in [6, 6.07) is 7.06. The molecule has 0 fully saturated rings. The molecule has 1 heterocycles. The van der Waals surface area contributed by atoms with Crippen molar-refractivity contribution < 1.29 is 10.2 Å². The molecule has 1 aromatic heterocycles. The Morgan fingerprint density at radius 2 is 2.25 bits per heavy atom. The summed E-state index contributed by atoms with van der Waals surface area (Å²) in [6.07, 6.45) is 1.47. The summed E-state index contributed by atoms with van der Waals surface area (Å²) in [5.74, 6) is 0. The van der Waals surface area contributed by atoms with E-state index in [1.807, 2.05) is 6.07 Å². The molecule has 6 heteroatoms. The Kier molecular flexibility index (Phi) is 2.67. The maximum Gasteiger partial charge on any atom is 0.143 e. The molecule has 0 spiro atoms. The Morgan fingerprint density at radius 1 is 1.44 bits per heavy atom. The molecule has 0 saturated heterocycles. The monoisotopic (exact) mass is 220 g/mol. The van der Waals surface area contributed by atoms with Gasteiger partial charge >= 0.3 is 0 Å². The molecule has 0 bridgehead atoms. The normalized spacial score (nSPS) is 14.7. The highest BCUT2D eigenvalue weighted by molar-refractivity contribution is 5.36. The van der Waals surface area contributed by atoms with Crippen LogP contribution in [-0.2, 0) is 5.60 Å². The van der Waals surface area contributed by atoms with Gasteiger partial charge in [0.1, 0.15) is 11.9 Å². The second-order valence-corrected chi connectivity index (χ2v) is 3.74. The minimum absolute atomic E-state index is 0.341. The predicted molar refractivity (Wildman–Crippen MR) is 55.8 cm³/mol. The molecule has 1 aromatic carbocycles. The van der Waals surface area contributed by atoms with Crippen molar-refractivity contribution in [1.82, 2.24) is 20.2 Å². The molecule has 0 aliphatic carbocycles. The van der Waals surface area contributed by atoms with Gasteiger partial charge in [-0.3, -0.25) is 0 Å². The lowest BCUT2D eigenvalue weighted by Gasteiger charge is -2.21. The van der Waals surface area contributed by atoms with Gasteiger partial charge in [-0.2, -0.15) is 0 Å². The smallest absolute Gasteiger partial charge is 0.143 e. The Bertz CT molecular complexity index is 467. The van der Waals surface area contributed by atoms with Crippen molar-refractivity contribution in [3.05, 3.63) is 36.2 Å². The third-order valence-corrected chi connectivity index (χ3v) is 2.39. The first-order chi connectivity index (χ1) is 7.63. The van der Waals surface area contributed by atoms with Crippen molar-refractivity contribution in [2.45, 2.75) is 12.5 Å². The van der Waals surface area contributed by atoms with Crippen molar-refractivity contribution in [3.8, 4) is 5.69 Å². The van der Waals surface area contributed by atoms with E-state index in [4.69, 9.17) is 5.11 Å². The Morgan fingerprint density at radius 3 is 2.88 bits per heavy atom. The van der Waals surface area contributed by atoms with Crippen LogP contribution in [0.5, 0.6) is 0 Å². The molecule has 1 unspecified atom stereocenters. The molecule has 2 aromatic rings. The van der Waals surface area contributed by atoms with Gasteiger partial charge in [-0.15, -0.1) is 5.10 Å². The maximum absolute atomic E-state index is 9.91. The van der Waals surface area contributed by atoms with Crippen LogP contribution in [0, 0.1) is 0 Å². The summed E-state index contributed by atoms with van der Waals surface area (Å²) < 4.78 is 1.48. The van der Waals surface area contributed by atoms with Gasteiger partial charge in [0.05, 0.1) is 12.3 Å². The molecule has 0 radical (unpaired) electrons. The largest absolute Gasteiger partial charge is 0.393 e. The van der Waals surface area contributed by atoms with Crippen LogP contribution in [0.1, 0.15) is 12.5 Å². The van der Waals surface area contributed by atoms with E-state index < -0.39 is 5.60 Å². The number of hydrogen-bond acceptors (Lipinski definition) is 5. The predicted octanol–water partition coefficient (Wildman–Crippen LogP) is -0.138. The Hall–Kier alpha value is -1.79. The molecule has 2 N–H and O–H groups in total. The van der Waals surface area contributed by atoms with Crippen LogP contribution in [0.2, 0.25) is 0 Å². The average molecular weight is 220 g/mol. The molecule has 0 aliphatic rings. The van der Waals surface area contributed by atoms with Crippen LogP contribution >= 0.6 is 0 Å². The summed E-state index contributed by atoms with van der Waals surface area (Å²) in [4.78, 5) is 0. The molecule has 1 atom stereocenters. The van der Waals surface area contributed by atoms with Crippen LogP contribution in [0.25, 0.3) is 5.69 Å². The molecule has 0 amide bonds. The summed E-state index contributed by atoms with van der Waals surface area (Å²) in [5, 5.41) is 29.8. The fraction of sp³-hybridized carbons (Fsp3) is 0.300. The van der Waals surface area contributed by atoms with Gasteiger partial charge in [0, 0.05) is 0 Å². The van der Waals surface area contributed by atoms with Gasteiger partial charge < -0.3 is 10.2 Å². The third-order valence-electron chi connectivity index (χ3n) is 2.39. The molecule has 2 rings (SSSR count). The molecular formula is C10H12N4O2. The number of hydrogen-bond donors (Lipinski definition) is 2. The Labute approximate surface area is 92.2 Å². The fourth-order valence-corrected chi connectivity index (χ4v) is 1.35. The first kappa shape index (κ1) is 10.7. The highest BCUT2D eigenvalue weighted by Crippen LogP contribution is 2.21. The number of aromatic nitrogens is 4. The van der Waals surface area contributed by atoms with Gasteiger partial charge in [-0.1, -0.05) is 12.1 Å². The minimum Gasteiger partial charge on any atom is -0.393 e. The van der Waals surface area contributed by atoms with E-state index in [2.05, 4.69) is 15.5 Å². The highest BCUT2D eigenvalue weighted by atomic mass is 16.3. The molecule has 16 heavy (non-hydrogen) atoms. The van der Waals surface area contributed by atoms with Crippen molar-refractivity contribution in [2.24, 2.45) is 0 Å². The zero-order valence-electron chi connectivity index (χ0n) is 8.78. The van der Waals surface area contributed by atoms with Crippen molar-refractivity contribution in [3.63, 3.8) is 0 Å². The van der Waals surface area contributed by atoms with E-state index >= 15 is 0 Å². The lowest BCUT2D eigenvalue weighted by molar-refractivity contribution is -0.00229. The molecule has 0 aliphatic heterocycles. The van der Waals surface area contributed by atoms with E-state index in [9.17, 15) is 5.11 Å². The second-order valence-electron chi connectivity index (χ2n) is 3.74. The Balaban J connectivity index is 2.41. The lowest BCUT2D eigenvalue weighted by Crippen LogP contribution is -2.25. The van der Waals surface area contributed by atoms with E-state index in [0.29, 0.717) is 5.56 Å². The number of tetrazole rings is 1. The summed E-state index contributed by atoms with van der Waals surface area (Å²) in [7, 11) is 0. The van der Waals surface area contributed by atoms with Crippen molar-refractivity contribution >= 4 is 0 Å². The minimum atomic E-state index is -1.26. The van der Waals surface area contributed by atoms with Crippen LogP contribution < -0.4 is 0 Å². The van der Waals surface area contributed by atoms with Crippen LogP contribution in [-0.4, -0.2) is 37.0 Å². The topological polar surface area (TPSA) is 84.1 Å². The van der Waals surface area contributed by atoms with E-state index in [0.717, 1.165) is 5.69 Å². The highest BCUT2D eigenvalue weighted by Gasteiger charge is 2.22. The van der Waals surface area contributed by atoms with Crippen LogP contribution in [0.4, 0.5) is 0 Å². The zero-order valence-corrected chi connectivity index (χ0v) is 8.78. The third kappa shape index (κ3) is 1.93. The first-order valence-electron chi connectivity index (χ1n) is 4.80. The molecule has 84 valence electrons. The zero-order chi connectivity index (χ0) is 11.6. The number of benzene rings is 1. The summed E-state index contributed by atoms with van der Waals surface area (Å²) in [6.45, 7) is 1.21. The SMILES string of the molecule is CC(O)(CO)c1cccc(-n2cnnn2)c1. The number of aliphatic hydroxyl groups excluding tert-OH is 1. The van der Waals surface area contributed by atoms with Crippen molar-refractivity contribution in [2.75, 3.05) is 6.61 Å². The first-order valence-corrected chi connectivity index (χ1v) is 4.80. The molecule has 6 nitrogen and oxygen atoms in total. The van der Waals surface area contributed by atoms with Crippen LogP contribution in [0.15, 0.2) is 30.6 Å². The number of aliphatic hydroxyl groups is 2. The molecule has 0 saturated carbocycles. The van der Waals surface area contributed by atoms with Crippen LogP contribution in [0.3, 0.4) is 0 Å². The standard InChI is InChI=1S/C10H12N4O2/c1-10(16,6-15)8-3-2-4-9(5-8)14-7-11-12-13-14/h2-5,7,15-16H,6H2,1H3. The van der Waals surface area contributed by atoms with E-state index in [1.54, 1.807) is 25.1 Å². The second kappa shape index (κ2) is 3.99. The quantitative estimate of drug-likeness (QED) is 0.752. The number of nitrogens with zero attached hydrogens (tertiary/aromatic N) is 4. The van der Waals surface area contributed by atoms with Gasteiger partial charge in [0.2, 0.25) is 0 Å². The summed E-state index contributed by atoms with van der Waals surface area (Å²) in [5.41, 5.74) is 0.0866. The van der Waals surface area contributed by atoms with Gasteiger partial charge in [0.15, 0.2) is 0 Å². The van der Waals surface area contributed by atoms with E-state index in [1.165, 1.54) is 11.0 Å². The molecular weight excluding hydrogens is 208 g/mol.